The van der Waals surface area contributed by atoms with Gasteiger partial charge in [0.15, 0.2) is 0 Å². The van der Waals surface area contributed by atoms with Crippen LogP contribution in [0.5, 0.6) is 0 Å². The average molecular weight is 267 g/mol. The summed E-state index contributed by atoms with van der Waals surface area (Å²) in [4.78, 5) is 13.9. The van der Waals surface area contributed by atoms with Crippen LogP contribution < -0.4 is 5.32 Å². The first-order chi connectivity index (χ1) is 7.18. The molecule has 0 aromatic heterocycles. The number of β-amino-alcohol motifs (C(OH)–C–C–N with tert-alkyl or cyclic N) is 1. The molecule has 2 heterocycles. The molecule has 0 aromatic carbocycles. The van der Waals surface area contributed by atoms with Gasteiger partial charge in [0.2, 0.25) is 5.91 Å². The number of nitrogens with one attached hydrogen (secondary N) is 1. The molecular formula is C10H19ClN2O2S. The molecule has 0 aliphatic carbocycles. The molecule has 0 aromatic rings. The van der Waals surface area contributed by atoms with Gasteiger partial charge in [0, 0.05) is 25.4 Å². The number of thioether (sulfide) groups is 1. The number of aliphatic hydroxyl groups is 1. The van der Waals surface area contributed by atoms with Gasteiger partial charge in [0.1, 0.15) is 0 Å². The van der Waals surface area contributed by atoms with Gasteiger partial charge >= 0.3 is 0 Å². The van der Waals surface area contributed by atoms with E-state index in [1.807, 2.05) is 23.7 Å². The fraction of sp³-hybridized carbons (Fsp3) is 0.900. The molecule has 94 valence electrons. The Morgan fingerprint density at radius 3 is 2.81 bits per heavy atom. The Hall–Kier alpha value is 0.0300. The lowest BCUT2D eigenvalue weighted by Crippen LogP contribution is -2.46. The summed E-state index contributed by atoms with van der Waals surface area (Å²) in [7, 11) is 1.88. The second-order valence-electron chi connectivity index (χ2n) is 4.32. The second kappa shape index (κ2) is 6.10. The van der Waals surface area contributed by atoms with Crippen LogP contribution in [0.15, 0.2) is 0 Å². The minimum absolute atomic E-state index is 0. The molecule has 3 atom stereocenters. The highest BCUT2D eigenvalue weighted by molar-refractivity contribution is 7.99. The third-order valence-electron chi connectivity index (χ3n) is 3.21. The molecule has 2 N–H and O–H groups in total. The third kappa shape index (κ3) is 3.03. The van der Waals surface area contributed by atoms with Crippen LogP contribution in [0.4, 0.5) is 0 Å². The molecule has 16 heavy (non-hydrogen) atoms. The van der Waals surface area contributed by atoms with E-state index in [1.54, 1.807) is 0 Å². The lowest BCUT2D eigenvalue weighted by molar-refractivity contribution is -0.133. The molecule has 2 fully saturated rings. The first kappa shape index (κ1) is 14.1. The number of rotatable bonds is 2. The number of carbonyl (C=O) groups is 1. The van der Waals surface area contributed by atoms with E-state index >= 15 is 0 Å². The Kier molecular flexibility index (Phi) is 5.37. The molecule has 1 amide bonds. The molecule has 2 aliphatic heterocycles. The summed E-state index contributed by atoms with van der Waals surface area (Å²) >= 11 is 1.91. The average Bonchev–Trinajstić information content (AvgIpc) is 2.85. The number of hydrogen-bond acceptors (Lipinski definition) is 4. The van der Waals surface area contributed by atoms with Crippen LogP contribution in [0.2, 0.25) is 0 Å². The van der Waals surface area contributed by atoms with E-state index in [4.69, 9.17) is 0 Å². The highest BCUT2D eigenvalue weighted by Gasteiger charge is 2.33. The predicted octanol–water partition coefficient (Wildman–Crippen LogP) is 0.0949. The van der Waals surface area contributed by atoms with Crippen molar-refractivity contribution in [2.45, 2.75) is 31.0 Å². The summed E-state index contributed by atoms with van der Waals surface area (Å²) in [6, 6.07) is 0.220. The van der Waals surface area contributed by atoms with Gasteiger partial charge in [-0.05, 0) is 18.6 Å². The minimum Gasteiger partial charge on any atom is -0.392 e. The first-order valence-corrected chi connectivity index (χ1v) is 6.60. The molecule has 0 spiro atoms. The molecule has 2 saturated heterocycles. The van der Waals surface area contributed by atoms with Crippen molar-refractivity contribution in [2.24, 2.45) is 0 Å². The van der Waals surface area contributed by atoms with Crippen molar-refractivity contribution in [1.29, 1.82) is 0 Å². The lowest BCUT2D eigenvalue weighted by Gasteiger charge is -2.26. The standard InChI is InChI=1S/C10H18N2O2S.ClH/c1-12(7-2-3-15-6-7)10(14)9-4-8(13)5-11-9;/h7-9,11,13H,2-6H2,1H3;1H/t7?,8-,9+;/m0./s1. The van der Waals surface area contributed by atoms with Crippen molar-refractivity contribution in [1.82, 2.24) is 10.2 Å². The van der Waals surface area contributed by atoms with Crippen LogP contribution in [-0.2, 0) is 4.79 Å². The number of carbonyl (C=O) groups excluding carboxylic acids is 1. The summed E-state index contributed by atoms with van der Waals surface area (Å²) in [5.41, 5.74) is 0. The van der Waals surface area contributed by atoms with Gasteiger partial charge in [-0.1, -0.05) is 0 Å². The number of likely N-dealkylation sites (N-methyl/N-ethyl adjacent to an activating group) is 1. The third-order valence-corrected chi connectivity index (χ3v) is 4.35. The highest BCUT2D eigenvalue weighted by atomic mass is 35.5. The van der Waals surface area contributed by atoms with E-state index in [2.05, 4.69) is 5.32 Å². The molecule has 2 rings (SSSR count). The quantitative estimate of drug-likeness (QED) is 0.744. The van der Waals surface area contributed by atoms with Gasteiger partial charge in [0.25, 0.3) is 0 Å². The number of nitrogens with zero attached hydrogens (tertiary/aromatic N) is 1. The molecular weight excluding hydrogens is 248 g/mol. The zero-order valence-electron chi connectivity index (χ0n) is 9.39. The van der Waals surface area contributed by atoms with E-state index in [9.17, 15) is 9.90 Å². The van der Waals surface area contributed by atoms with E-state index in [-0.39, 0.29) is 30.5 Å². The second-order valence-corrected chi connectivity index (χ2v) is 5.47. The normalized spacial score (nSPS) is 33.5. The van der Waals surface area contributed by atoms with Crippen LogP contribution in [0.3, 0.4) is 0 Å². The maximum atomic E-state index is 12.0. The summed E-state index contributed by atoms with van der Waals surface area (Å²) in [5.74, 6) is 2.35. The largest absolute Gasteiger partial charge is 0.392 e. The SMILES string of the molecule is CN(C(=O)[C@H]1C[C@H](O)CN1)C1CCSC1.Cl. The number of amides is 1. The van der Waals surface area contributed by atoms with Gasteiger partial charge in [-0.25, -0.2) is 0 Å². The van der Waals surface area contributed by atoms with E-state index in [1.165, 1.54) is 0 Å². The van der Waals surface area contributed by atoms with E-state index in [0.29, 0.717) is 19.0 Å². The smallest absolute Gasteiger partial charge is 0.239 e. The number of aliphatic hydroxyl groups excluding tert-OH is 1. The Bertz CT molecular complexity index is 249. The van der Waals surface area contributed by atoms with E-state index in [0.717, 1.165) is 17.9 Å². The molecule has 0 bridgehead atoms. The summed E-state index contributed by atoms with van der Waals surface area (Å²) in [6.07, 6.45) is 1.30. The fourth-order valence-corrected chi connectivity index (χ4v) is 3.43. The molecule has 0 radical (unpaired) electrons. The van der Waals surface area contributed by atoms with Crippen LogP contribution in [-0.4, -0.2) is 59.2 Å². The van der Waals surface area contributed by atoms with Crippen LogP contribution in [0.25, 0.3) is 0 Å². The van der Waals surface area contributed by atoms with Gasteiger partial charge in [0.05, 0.1) is 12.1 Å². The molecule has 2 aliphatic rings. The minimum atomic E-state index is -0.356. The summed E-state index contributed by atoms with van der Waals surface area (Å²) in [5, 5.41) is 12.4. The van der Waals surface area contributed by atoms with Crippen molar-refractivity contribution in [2.75, 3.05) is 25.1 Å². The summed E-state index contributed by atoms with van der Waals surface area (Å²) in [6.45, 7) is 0.545. The zero-order chi connectivity index (χ0) is 10.8. The van der Waals surface area contributed by atoms with Gasteiger partial charge < -0.3 is 15.3 Å². The Labute approximate surface area is 107 Å². The highest BCUT2D eigenvalue weighted by Crippen LogP contribution is 2.22. The topological polar surface area (TPSA) is 52.6 Å². The Balaban J connectivity index is 0.00000128. The van der Waals surface area contributed by atoms with Crippen molar-refractivity contribution < 1.29 is 9.90 Å². The molecule has 1 unspecified atom stereocenters. The lowest BCUT2D eigenvalue weighted by atomic mass is 10.1. The fourth-order valence-electron chi connectivity index (χ4n) is 2.16. The van der Waals surface area contributed by atoms with Crippen LogP contribution in [0.1, 0.15) is 12.8 Å². The van der Waals surface area contributed by atoms with Crippen molar-refractivity contribution in [3.63, 3.8) is 0 Å². The molecule has 0 saturated carbocycles. The number of halogens is 1. The Morgan fingerprint density at radius 1 is 1.56 bits per heavy atom. The molecule has 4 nitrogen and oxygen atoms in total. The number of hydrogen-bond donors (Lipinski definition) is 2. The van der Waals surface area contributed by atoms with Crippen LogP contribution >= 0.6 is 24.2 Å². The van der Waals surface area contributed by atoms with Gasteiger partial charge in [-0.15, -0.1) is 12.4 Å². The first-order valence-electron chi connectivity index (χ1n) is 5.44. The molecule has 6 heteroatoms. The van der Waals surface area contributed by atoms with Gasteiger partial charge in [-0.2, -0.15) is 11.8 Å². The zero-order valence-corrected chi connectivity index (χ0v) is 11.0. The van der Waals surface area contributed by atoms with Gasteiger partial charge in [-0.3, -0.25) is 4.79 Å². The van der Waals surface area contributed by atoms with Crippen molar-refractivity contribution >= 4 is 30.1 Å². The maximum Gasteiger partial charge on any atom is 0.239 e. The predicted molar refractivity (Wildman–Crippen MR) is 68.2 cm³/mol. The van der Waals surface area contributed by atoms with Crippen molar-refractivity contribution in [3.8, 4) is 0 Å². The van der Waals surface area contributed by atoms with Crippen molar-refractivity contribution in [3.05, 3.63) is 0 Å². The Morgan fingerprint density at radius 2 is 2.31 bits per heavy atom. The summed E-state index contributed by atoms with van der Waals surface area (Å²) < 4.78 is 0. The van der Waals surface area contributed by atoms with E-state index < -0.39 is 0 Å². The maximum absolute atomic E-state index is 12.0. The van der Waals surface area contributed by atoms with Crippen LogP contribution in [0, 0.1) is 0 Å². The monoisotopic (exact) mass is 266 g/mol.